The van der Waals surface area contributed by atoms with Crippen LogP contribution >= 0.6 is 0 Å². The molecule has 34 heavy (non-hydrogen) atoms. The number of anilines is 1. The number of piperidine rings is 1. The summed E-state index contributed by atoms with van der Waals surface area (Å²) in [5.41, 5.74) is 0.470. The number of fused-ring (bicyclic) bond motifs is 1. The molecule has 3 N–H and O–H groups in total. The fourth-order valence-electron chi connectivity index (χ4n) is 4.04. The number of hydrogen-bond donors (Lipinski definition) is 2. The monoisotopic (exact) mass is 498 g/mol. The molecular formula is C22H25F3N4O4S. The molecule has 1 aromatic heterocycles. The Kier molecular flexibility index (Phi) is 6.74. The number of benzene rings is 2. The molecule has 0 aliphatic carbocycles. The number of rotatable bonds is 7. The number of oxazole rings is 1. The van der Waals surface area contributed by atoms with Gasteiger partial charge in [0.1, 0.15) is 11.3 Å². The van der Waals surface area contributed by atoms with Gasteiger partial charge in [-0.15, -0.1) is 0 Å². The number of ether oxygens (including phenoxy) is 1. The quantitative estimate of drug-likeness (QED) is 0.512. The number of halogens is 3. The molecule has 1 saturated heterocycles. The van der Waals surface area contributed by atoms with Crippen LogP contribution in [0.5, 0.6) is 5.75 Å². The van der Waals surface area contributed by atoms with Gasteiger partial charge in [0.15, 0.2) is 5.58 Å². The van der Waals surface area contributed by atoms with E-state index in [4.69, 9.17) is 14.3 Å². The van der Waals surface area contributed by atoms with E-state index in [1.807, 2.05) is 4.90 Å². The molecule has 8 nitrogen and oxygen atoms in total. The zero-order valence-electron chi connectivity index (χ0n) is 18.4. The van der Waals surface area contributed by atoms with E-state index in [0.29, 0.717) is 16.7 Å². The molecule has 12 heteroatoms. The molecule has 1 aliphatic heterocycles. The van der Waals surface area contributed by atoms with Gasteiger partial charge >= 0.3 is 6.18 Å². The van der Waals surface area contributed by atoms with Crippen LogP contribution in [0.4, 0.5) is 19.2 Å². The molecule has 0 radical (unpaired) electrons. The first-order valence-electron chi connectivity index (χ1n) is 10.8. The summed E-state index contributed by atoms with van der Waals surface area (Å²) in [6.07, 6.45) is -2.97. The van der Waals surface area contributed by atoms with E-state index in [-0.39, 0.29) is 35.9 Å². The molecule has 0 unspecified atom stereocenters. The molecule has 1 fully saturated rings. The zero-order chi connectivity index (χ0) is 24.5. The Bertz CT molecular complexity index is 1270. The van der Waals surface area contributed by atoms with Crippen LogP contribution in [0.1, 0.15) is 30.9 Å². The van der Waals surface area contributed by atoms with Crippen molar-refractivity contribution >= 4 is 27.1 Å². The van der Waals surface area contributed by atoms with E-state index in [1.54, 1.807) is 6.92 Å². The molecule has 0 saturated carbocycles. The van der Waals surface area contributed by atoms with Crippen LogP contribution < -0.4 is 20.1 Å². The van der Waals surface area contributed by atoms with Crippen LogP contribution in [0.15, 0.2) is 45.7 Å². The number of aromatic nitrogens is 1. The second kappa shape index (κ2) is 9.43. The Morgan fingerprint density at radius 3 is 2.59 bits per heavy atom. The number of nitrogens with two attached hydrogens (primary N) is 1. The van der Waals surface area contributed by atoms with Gasteiger partial charge in [-0.05, 0) is 68.8 Å². The highest BCUT2D eigenvalue weighted by molar-refractivity contribution is 7.89. The molecule has 3 aromatic rings. The topological polar surface area (TPSA) is 111 Å². The van der Waals surface area contributed by atoms with Gasteiger partial charge in [-0.3, -0.25) is 0 Å². The summed E-state index contributed by atoms with van der Waals surface area (Å²) in [6, 6.07) is 8.26. The lowest BCUT2D eigenvalue weighted by Gasteiger charge is -2.33. The third kappa shape index (κ3) is 5.29. The summed E-state index contributed by atoms with van der Waals surface area (Å²) in [6.45, 7) is 3.50. The highest BCUT2D eigenvalue weighted by Crippen LogP contribution is 2.37. The van der Waals surface area contributed by atoms with Crippen LogP contribution in [0.25, 0.3) is 11.1 Å². The highest BCUT2D eigenvalue weighted by Gasteiger charge is 2.35. The summed E-state index contributed by atoms with van der Waals surface area (Å²) >= 11 is 0. The predicted octanol–water partition coefficient (Wildman–Crippen LogP) is 3.65. The number of sulfonamides is 1. The Labute approximate surface area is 194 Å². The largest absolute Gasteiger partial charge is 0.493 e. The van der Waals surface area contributed by atoms with Crippen LogP contribution in [-0.4, -0.2) is 39.1 Å². The van der Waals surface area contributed by atoms with E-state index in [1.165, 1.54) is 30.3 Å². The van der Waals surface area contributed by atoms with E-state index in [2.05, 4.69) is 10.3 Å². The smallest absolute Gasteiger partial charge is 0.419 e. The minimum atomic E-state index is -4.53. The maximum Gasteiger partial charge on any atom is 0.419 e. The van der Waals surface area contributed by atoms with Crippen molar-refractivity contribution in [1.29, 1.82) is 0 Å². The number of primary sulfonamides is 1. The van der Waals surface area contributed by atoms with Crippen LogP contribution in [-0.2, 0) is 22.7 Å². The van der Waals surface area contributed by atoms with Gasteiger partial charge in [0, 0.05) is 12.6 Å². The minimum absolute atomic E-state index is 0.0184. The van der Waals surface area contributed by atoms with Gasteiger partial charge in [0.25, 0.3) is 6.01 Å². The van der Waals surface area contributed by atoms with Crippen LogP contribution in [0.2, 0.25) is 0 Å². The molecule has 0 bridgehead atoms. The van der Waals surface area contributed by atoms with Crippen molar-refractivity contribution in [3.63, 3.8) is 0 Å². The van der Waals surface area contributed by atoms with Gasteiger partial charge in [-0.1, -0.05) is 6.07 Å². The van der Waals surface area contributed by atoms with E-state index in [0.717, 1.165) is 32.0 Å². The SMILES string of the molecule is CCOc1cc(CN(c2nc3cc(S(N)(=O)=O)ccc3o2)C2CCNCC2)ccc1C(F)(F)F. The van der Waals surface area contributed by atoms with Crippen LogP contribution in [0.3, 0.4) is 0 Å². The maximum absolute atomic E-state index is 13.4. The molecule has 0 spiro atoms. The zero-order valence-corrected chi connectivity index (χ0v) is 19.2. The predicted molar refractivity (Wildman–Crippen MR) is 120 cm³/mol. The fourth-order valence-corrected chi connectivity index (χ4v) is 4.57. The molecule has 184 valence electrons. The van der Waals surface area contributed by atoms with Gasteiger partial charge in [0.05, 0.1) is 17.1 Å². The minimum Gasteiger partial charge on any atom is -0.493 e. The first kappa shape index (κ1) is 24.3. The van der Waals surface area contributed by atoms with E-state index < -0.39 is 21.8 Å². The van der Waals surface area contributed by atoms with Crippen molar-refractivity contribution in [3.8, 4) is 5.75 Å². The van der Waals surface area contributed by atoms with E-state index in [9.17, 15) is 21.6 Å². The average Bonchev–Trinajstić information content (AvgIpc) is 3.20. The Hall–Kier alpha value is -2.83. The second-order valence-electron chi connectivity index (χ2n) is 8.04. The van der Waals surface area contributed by atoms with Crippen molar-refractivity contribution < 1.29 is 30.7 Å². The summed E-state index contributed by atoms with van der Waals surface area (Å²) < 4.78 is 74.7. The van der Waals surface area contributed by atoms with Gasteiger partial charge in [-0.2, -0.15) is 18.2 Å². The van der Waals surface area contributed by atoms with Gasteiger partial charge in [0.2, 0.25) is 10.0 Å². The number of nitrogens with zero attached hydrogens (tertiary/aromatic N) is 2. The van der Waals surface area contributed by atoms with Crippen molar-refractivity contribution in [2.24, 2.45) is 5.14 Å². The molecule has 0 atom stereocenters. The molecule has 2 aromatic carbocycles. The number of hydrogen-bond acceptors (Lipinski definition) is 7. The average molecular weight is 499 g/mol. The number of alkyl halides is 3. The van der Waals surface area contributed by atoms with Crippen molar-refractivity contribution in [2.45, 2.75) is 43.4 Å². The van der Waals surface area contributed by atoms with Crippen molar-refractivity contribution in [2.75, 3.05) is 24.6 Å². The first-order chi connectivity index (χ1) is 16.1. The third-order valence-corrected chi connectivity index (χ3v) is 6.59. The Morgan fingerprint density at radius 1 is 1.21 bits per heavy atom. The highest BCUT2D eigenvalue weighted by atomic mass is 32.2. The summed E-state index contributed by atoms with van der Waals surface area (Å²) in [4.78, 5) is 6.29. The maximum atomic E-state index is 13.4. The molecule has 0 amide bonds. The van der Waals surface area contributed by atoms with Gasteiger partial charge < -0.3 is 19.4 Å². The summed E-state index contributed by atoms with van der Waals surface area (Å²) in [7, 11) is -3.91. The molecule has 1 aliphatic rings. The van der Waals surface area contributed by atoms with Gasteiger partial charge in [-0.25, -0.2) is 13.6 Å². The molecular weight excluding hydrogens is 473 g/mol. The standard InChI is InChI=1S/C22H25F3N4O4S/c1-2-32-20-11-14(3-5-17(20)22(23,24)25)13-29(15-7-9-27-10-8-15)21-28-18-12-16(34(26,30)31)4-6-19(18)33-21/h3-6,11-12,15,27H,2,7-10,13H2,1H3,(H2,26,30,31). The second-order valence-corrected chi connectivity index (χ2v) is 9.60. The molecule has 4 rings (SSSR count). The normalized spacial score (nSPS) is 15.6. The summed E-state index contributed by atoms with van der Waals surface area (Å²) in [5, 5.41) is 8.50. The lowest BCUT2D eigenvalue weighted by Crippen LogP contribution is -2.43. The molecule has 2 heterocycles. The van der Waals surface area contributed by atoms with Crippen LogP contribution in [0, 0.1) is 0 Å². The first-order valence-corrected chi connectivity index (χ1v) is 12.3. The van der Waals surface area contributed by atoms with Crippen molar-refractivity contribution in [1.82, 2.24) is 10.3 Å². The van der Waals surface area contributed by atoms with E-state index >= 15 is 0 Å². The Morgan fingerprint density at radius 2 is 1.94 bits per heavy atom. The third-order valence-electron chi connectivity index (χ3n) is 5.68. The Balaban J connectivity index is 1.72. The lowest BCUT2D eigenvalue weighted by atomic mass is 10.0. The fraction of sp³-hybridized carbons (Fsp3) is 0.409. The lowest BCUT2D eigenvalue weighted by molar-refractivity contribution is -0.138. The van der Waals surface area contributed by atoms with Crippen molar-refractivity contribution in [3.05, 3.63) is 47.5 Å². The summed E-state index contributed by atoms with van der Waals surface area (Å²) in [5.74, 6) is -0.229. The number of nitrogens with one attached hydrogen (secondary N) is 1.